The van der Waals surface area contributed by atoms with E-state index in [4.69, 9.17) is 33.7 Å². The highest BCUT2D eigenvalue weighted by atomic mass is 35.5. The van der Waals surface area contributed by atoms with Crippen LogP contribution in [0.15, 0.2) is 12.1 Å². The number of nitrogens with two attached hydrogens (primary N) is 1. The minimum Gasteiger partial charge on any atom is -0.494 e. The predicted octanol–water partition coefficient (Wildman–Crippen LogP) is 3.28. The Hall–Kier alpha value is -0.440. The smallest absolute Gasteiger partial charge is 0.156 e. The molecule has 1 rings (SSSR count). The zero-order chi connectivity index (χ0) is 11.4. The van der Waals surface area contributed by atoms with Crippen molar-refractivity contribution in [1.82, 2.24) is 0 Å². The van der Waals surface area contributed by atoms with E-state index in [1.807, 2.05) is 19.1 Å². The largest absolute Gasteiger partial charge is 0.494 e. The molecule has 15 heavy (non-hydrogen) atoms. The molecule has 0 aromatic heterocycles. The topological polar surface area (TPSA) is 35.2 Å². The van der Waals surface area contributed by atoms with Crippen LogP contribution in [0.2, 0.25) is 10.0 Å². The average molecular weight is 248 g/mol. The highest BCUT2D eigenvalue weighted by Gasteiger charge is 2.08. The van der Waals surface area contributed by atoms with Crippen molar-refractivity contribution in [1.29, 1.82) is 0 Å². The first-order valence-electron chi connectivity index (χ1n) is 4.82. The van der Waals surface area contributed by atoms with E-state index >= 15 is 0 Å². The Kier molecular flexibility index (Phi) is 4.71. The van der Waals surface area contributed by atoms with E-state index in [1.165, 1.54) is 0 Å². The fourth-order valence-electron chi connectivity index (χ4n) is 1.35. The number of rotatable bonds is 4. The molecular weight excluding hydrogens is 233 g/mol. The maximum absolute atomic E-state index is 6.01. The number of benzene rings is 1. The van der Waals surface area contributed by atoms with Gasteiger partial charge in [0, 0.05) is 6.04 Å². The summed E-state index contributed by atoms with van der Waals surface area (Å²) in [5.74, 6) is 0.530. The number of halogens is 2. The van der Waals surface area contributed by atoms with Gasteiger partial charge in [-0.25, -0.2) is 0 Å². The average Bonchev–Trinajstić information content (AvgIpc) is 2.14. The SMILES string of the molecule is COc1c(Cl)cc(CCC(C)N)cc1Cl. The molecule has 0 aliphatic carbocycles. The molecule has 0 fully saturated rings. The Bertz CT molecular complexity index is 316. The Morgan fingerprint density at radius 2 is 1.87 bits per heavy atom. The molecule has 0 bridgehead atoms. The molecule has 1 atom stereocenters. The van der Waals surface area contributed by atoms with Crippen molar-refractivity contribution in [3.05, 3.63) is 27.7 Å². The lowest BCUT2D eigenvalue weighted by molar-refractivity contribution is 0.415. The van der Waals surface area contributed by atoms with Crippen molar-refractivity contribution in [2.24, 2.45) is 5.73 Å². The molecule has 0 heterocycles. The van der Waals surface area contributed by atoms with Crippen molar-refractivity contribution in [2.45, 2.75) is 25.8 Å². The Morgan fingerprint density at radius 3 is 2.27 bits per heavy atom. The highest BCUT2D eigenvalue weighted by Crippen LogP contribution is 2.34. The number of ether oxygens (including phenoxy) is 1. The van der Waals surface area contributed by atoms with E-state index in [0.717, 1.165) is 18.4 Å². The molecule has 0 aliphatic heterocycles. The third-order valence-corrected chi connectivity index (χ3v) is 2.71. The summed E-state index contributed by atoms with van der Waals surface area (Å²) < 4.78 is 5.07. The second-order valence-electron chi connectivity index (χ2n) is 3.61. The molecule has 0 amide bonds. The summed E-state index contributed by atoms with van der Waals surface area (Å²) in [5.41, 5.74) is 6.77. The summed E-state index contributed by atoms with van der Waals surface area (Å²) in [6.07, 6.45) is 1.79. The normalized spacial score (nSPS) is 12.6. The lowest BCUT2D eigenvalue weighted by Gasteiger charge is -2.09. The van der Waals surface area contributed by atoms with Gasteiger partial charge in [0.25, 0.3) is 0 Å². The van der Waals surface area contributed by atoms with Crippen molar-refractivity contribution in [3.63, 3.8) is 0 Å². The first-order valence-corrected chi connectivity index (χ1v) is 5.57. The molecule has 1 unspecified atom stereocenters. The Labute approximate surface area is 100 Å². The molecule has 0 spiro atoms. The van der Waals surface area contributed by atoms with Crippen LogP contribution in [-0.4, -0.2) is 13.2 Å². The van der Waals surface area contributed by atoms with Crippen molar-refractivity contribution in [3.8, 4) is 5.75 Å². The number of hydrogen-bond donors (Lipinski definition) is 1. The van der Waals surface area contributed by atoms with E-state index in [2.05, 4.69) is 0 Å². The van der Waals surface area contributed by atoms with E-state index in [-0.39, 0.29) is 6.04 Å². The molecule has 0 aliphatic rings. The predicted molar refractivity (Wildman–Crippen MR) is 65.0 cm³/mol. The molecule has 2 nitrogen and oxygen atoms in total. The molecule has 2 N–H and O–H groups in total. The summed E-state index contributed by atoms with van der Waals surface area (Å²) in [4.78, 5) is 0. The van der Waals surface area contributed by atoms with Crippen LogP contribution in [0.5, 0.6) is 5.75 Å². The molecule has 4 heteroatoms. The first kappa shape index (κ1) is 12.6. The fourth-order valence-corrected chi connectivity index (χ4v) is 2.03. The zero-order valence-electron chi connectivity index (χ0n) is 8.89. The molecule has 0 saturated carbocycles. The van der Waals surface area contributed by atoms with Gasteiger partial charge in [-0.05, 0) is 37.5 Å². The van der Waals surface area contributed by atoms with E-state index in [0.29, 0.717) is 15.8 Å². The van der Waals surface area contributed by atoms with Gasteiger partial charge in [0.1, 0.15) is 0 Å². The zero-order valence-corrected chi connectivity index (χ0v) is 10.4. The monoisotopic (exact) mass is 247 g/mol. The third kappa shape index (κ3) is 3.56. The van der Waals surface area contributed by atoms with Crippen molar-refractivity contribution < 1.29 is 4.74 Å². The second kappa shape index (κ2) is 5.59. The maximum Gasteiger partial charge on any atom is 0.156 e. The summed E-state index contributed by atoms with van der Waals surface area (Å²) in [7, 11) is 1.55. The van der Waals surface area contributed by atoms with Crippen LogP contribution in [0.1, 0.15) is 18.9 Å². The lowest BCUT2D eigenvalue weighted by atomic mass is 10.1. The van der Waals surface area contributed by atoms with Gasteiger partial charge >= 0.3 is 0 Å². The number of hydrogen-bond acceptors (Lipinski definition) is 2. The molecule has 84 valence electrons. The molecule has 1 aromatic carbocycles. The molecule has 1 aromatic rings. The summed E-state index contributed by atoms with van der Waals surface area (Å²) in [6.45, 7) is 1.98. The number of aryl methyl sites for hydroxylation is 1. The van der Waals surface area contributed by atoms with Gasteiger partial charge < -0.3 is 10.5 Å². The molecular formula is C11H15Cl2NO. The quantitative estimate of drug-likeness (QED) is 0.887. The summed E-state index contributed by atoms with van der Waals surface area (Å²) >= 11 is 12.0. The van der Waals surface area contributed by atoms with Crippen molar-refractivity contribution >= 4 is 23.2 Å². The first-order chi connectivity index (χ1) is 7.04. The van der Waals surface area contributed by atoms with E-state index in [1.54, 1.807) is 7.11 Å². The van der Waals surface area contributed by atoms with Crippen LogP contribution in [-0.2, 0) is 6.42 Å². The summed E-state index contributed by atoms with van der Waals surface area (Å²) in [6, 6.07) is 3.92. The molecule has 0 saturated heterocycles. The van der Waals surface area contributed by atoms with Gasteiger partial charge in [0.2, 0.25) is 0 Å². The van der Waals surface area contributed by atoms with Gasteiger partial charge in [0.05, 0.1) is 17.2 Å². The maximum atomic E-state index is 6.01. The minimum absolute atomic E-state index is 0.185. The van der Waals surface area contributed by atoms with Crippen LogP contribution in [0.3, 0.4) is 0 Å². The van der Waals surface area contributed by atoms with Gasteiger partial charge in [-0.2, -0.15) is 0 Å². The number of methoxy groups -OCH3 is 1. The van der Waals surface area contributed by atoms with Crippen molar-refractivity contribution in [2.75, 3.05) is 7.11 Å². The van der Waals surface area contributed by atoms with Gasteiger partial charge in [-0.15, -0.1) is 0 Å². The third-order valence-electron chi connectivity index (χ3n) is 2.15. The lowest BCUT2D eigenvalue weighted by Crippen LogP contribution is -2.15. The van der Waals surface area contributed by atoms with Gasteiger partial charge in [-0.1, -0.05) is 23.2 Å². The fraction of sp³-hybridized carbons (Fsp3) is 0.455. The highest BCUT2D eigenvalue weighted by molar-refractivity contribution is 6.37. The van der Waals surface area contributed by atoms with Crippen LogP contribution >= 0.6 is 23.2 Å². The second-order valence-corrected chi connectivity index (χ2v) is 4.42. The summed E-state index contributed by atoms with van der Waals surface area (Å²) in [5, 5.41) is 1.09. The van der Waals surface area contributed by atoms with Crippen LogP contribution in [0, 0.1) is 0 Å². The van der Waals surface area contributed by atoms with Gasteiger partial charge in [-0.3, -0.25) is 0 Å². The molecule has 0 radical (unpaired) electrons. The van der Waals surface area contributed by atoms with E-state index in [9.17, 15) is 0 Å². The minimum atomic E-state index is 0.185. The van der Waals surface area contributed by atoms with Gasteiger partial charge in [0.15, 0.2) is 5.75 Å². The van der Waals surface area contributed by atoms with Crippen LogP contribution in [0.4, 0.5) is 0 Å². The standard InChI is InChI=1S/C11H15Cl2NO/c1-7(14)3-4-8-5-9(12)11(15-2)10(13)6-8/h5-7H,3-4,14H2,1-2H3. The van der Waals surface area contributed by atoms with E-state index < -0.39 is 0 Å². The van der Waals surface area contributed by atoms with Crippen LogP contribution in [0.25, 0.3) is 0 Å². The Balaban J connectivity index is 2.84. The van der Waals surface area contributed by atoms with Crippen LogP contribution < -0.4 is 10.5 Å². The Morgan fingerprint density at radius 1 is 1.33 bits per heavy atom.